The minimum Gasteiger partial charge on any atom is -0.454 e. The molecule has 0 bridgehead atoms. The molecule has 2 aromatic carbocycles. The Hall–Kier alpha value is -3.84. The summed E-state index contributed by atoms with van der Waals surface area (Å²) in [4.78, 5) is 6.76. The predicted octanol–water partition coefficient (Wildman–Crippen LogP) is 4.78. The molecule has 158 valence electrons. The van der Waals surface area contributed by atoms with Gasteiger partial charge in [-0.1, -0.05) is 24.3 Å². The maximum atomic E-state index is 5.81. The molecule has 1 saturated heterocycles. The fourth-order valence-corrected chi connectivity index (χ4v) is 4.70. The number of thiocarbonyl (C=S) groups is 1. The van der Waals surface area contributed by atoms with Crippen LogP contribution in [0.15, 0.2) is 91.4 Å². The first-order chi connectivity index (χ1) is 15.8. The summed E-state index contributed by atoms with van der Waals surface area (Å²) in [5.41, 5.74) is 4.13. The Labute approximate surface area is 191 Å². The number of nitrogens with zero attached hydrogens (tertiary/aromatic N) is 3. The van der Waals surface area contributed by atoms with E-state index in [-0.39, 0.29) is 18.9 Å². The second-order valence-electron chi connectivity index (χ2n) is 7.72. The van der Waals surface area contributed by atoms with Crippen LogP contribution in [0.25, 0.3) is 5.69 Å². The van der Waals surface area contributed by atoms with Crippen LogP contribution in [-0.4, -0.2) is 21.5 Å². The Morgan fingerprint density at radius 1 is 0.906 bits per heavy atom. The monoisotopic (exact) mass is 440 g/mol. The van der Waals surface area contributed by atoms with Crippen molar-refractivity contribution in [2.45, 2.75) is 12.1 Å². The van der Waals surface area contributed by atoms with Crippen molar-refractivity contribution >= 4 is 23.0 Å². The van der Waals surface area contributed by atoms with E-state index in [9.17, 15) is 0 Å². The van der Waals surface area contributed by atoms with Gasteiger partial charge in [-0.3, -0.25) is 4.98 Å². The first-order valence-electron chi connectivity index (χ1n) is 10.4. The molecule has 7 heteroatoms. The largest absolute Gasteiger partial charge is 0.454 e. The summed E-state index contributed by atoms with van der Waals surface area (Å²) in [5, 5.41) is 4.15. The van der Waals surface area contributed by atoms with Crippen LogP contribution in [0.4, 0.5) is 5.69 Å². The van der Waals surface area contributed by atoms with Crippen LogP contribution >= 0.6 is 12.2 Å². The average Bonchev–Trinajstić information content (AvgIpc) is 3.58. The molecule has 4 heterocycles. The quantitative estimate of drug-likeness (QED) is 0.461. The van der Waals surface area contributed by atoms with Crippen LogP contribution in [0.5, 0.6) is 11.5 Å². The van der Waals surface area contributed by atoms with E-state index in [1.165, 1.54) is 0 Å². The second-order valence-corrected chi connectivity index (χ2v) is 8.11. The maximum Gasteiger partial charge on any atom is 0.231 e. The smallest absolute Gasteiger partial charge is 0.231 e. The van der Waals surface area contributed by atoms with E-state index in [1.807, 2.05) is 60.8 Å². The number of pyridine rings is 1. The molecule has 0 aliphatic carbocycles. The number of rotatable bonds is 4. The van der Waals surface area contributed by atoms with Crippen molar-refractivity contribution in [1.29, 1.82) is 0 Å². The van der Waals surface area contributed by atoms with Gasteiger partial charge in [-0.15, -0.1) is 0 Å². The van der Waals surface area contributed by atoms with Crippen molar-refractivity contribution in [2.24, 2.45) is 0 Å². The van der Waals surface area contributed by atoms with E-state index in [1.54, 1.807) is 0 Å². The Morgan fingerprint density at radius 3 is 2.59 bits per heavy atom. The third kappa shape index (κ3) is 3.18. The molecule has 4 aromatic rings. The number of fused-ring (bicyclic) bond motifs is 1. The number of ether oxygens (including phenoxy) is 2. The highest BCUT2D eigenvalue weighted by Gasteiger charge is 2.41. The lowest BCUT2D eigenvalue weighted by Crippen LogP contribution is -2.29. The van der Waals surface area contributed by atoms with Crippen molar-refractivity contribution in [2.75, 3.05) is 11.7 Å². The molecule has 0 radical (unpaired) electrons. The number of hydrogen-bond acceptors (Lipinski definition) is 4. The Morgan fingerprint density at radius 2 is 1.75 bits per heavy atom. The van der Waals surface area contributed by atoms with Crippen LogP contribution < -0.4 is 19.7 Å². The molecular formula is C25H20N4O2S. The summed E-state index contributed by atoms with van der Waals surface area (Å²) in [6, 6.07) is 24.1. The minimum absolute atomic E-state index is 0.0808. The Bertz CT molecular complexity index is 1280. The zero-order valence-corrected chi connectivity index (χ0v) is 17.9. The Kier molecular flexibility index (Phi) is 4.54. The third-order valence-corrected chi connectivity index (χ3v) is 6.16. The molecule has 0 amide bonds. The zero-order chi connectivity index (χ0) is 21.5. The SMILES string of the molecule is S=C1N[C@@H](c2ccccn2)[C@@H](c2ccn(-c3ccccc3)c2)N1c1ccc2c(c1)OCO2. The van der Waals surface area contributed by atoms with Gasteiger partial charge in [0.05, 0.1) is 17.8 Å². The summed E-state index contributed by atoms with van der Waals surface area (Å²) in [7, 11) is 0. The molecule has 32 heavy (non-hydrogen) atoms. The van der Waals surface area contributed by atoms with Crippen LogP contribution in [0, 0.1) is 0 Å². The summed E-state index contributed by atoms with van der Waals surface area (Å²) in [5.74, 6) is 1.48. The van der Waals surface area contributed by atoms with Gasteiger partial charge in [-0.2, -0.15) is 0 Å². The van der Waals surface area contributed by atoms with E-state index >= 15 is 0 Å². The van der Waals surface area contributed by atoms with Crippen molar-refractivity contribution in [3.05, 3.63) is 103 Å². The topological polar surface area (TPSA) is 51.6 Å². The number of benzene rings is 2. The van der Waals surface area contributed by atoms with Gasteiger partial charge < -0.3 is 24.3 Å². The molecule has 2 atom stereocenters. The average molecular weight is 441 g/mol. The lowest BCUT2D eigenvalue weighted by Gasteiger charge is -2.27. The lowest BCUT2D eigenvalue weighted by molar-refractivity contribution is 0.174. The summed E-state index contributed by atoms with van der Waals surface area (Å²) >= 11 is 5.81. The van der Waals surface area contributed by atoms with E-state index in [0.717, 1.165) is 34.1 Å². The van der Waals surface area contributed by atoms with Crippen molar-refractivity contribution < 1.29 is 9.47 Å². The number of para-hydroxylation sites is 1. The second kappa shape index (κ2) is 7.69. The minimum atomic E-state index is -0.0965. The first kappa shape index (κ1) is 18.9. The summed E-state index contributed by atoms with van der Waals surface area (Å²) in [6.07, 6.45) is 6.06. The van der Waals surface area contributed by atoms with Gasteiger partial charge in [-0.25, -0.2) is 0 Å². The normalized spacial score (nSPS) is 19.2. The van der Waals surface area contributed by atoms with Crippen LogP contribution in [0.1, 0.15) is 23.3 Å². The Balaban J connectivity index is 1.45. The van der Waals surface area contributed by atoms with Crippen LogP contribution in [-0.2, 0) is 0 Å². The van der Waals surface area contributed by atoms with Gasteiger partial charge in [0, 0.05) is 36.0 Å². The summed E-state index contributed by atoms with van der Waals surface area (Å²) in [6.45, 7) is 0.237. The highest BCUT2D eigenvalue weighted by Crippen LogP contribution is 2.44. The zero-order valence-electron chi connectivity index (χ0n) is 17.1. The van der Waals surface area contributed by atoms with Gasteiger partial charge in [0.25, 0.3) is 0 Å². The fraction of sp³-hybridized carbons (Fsp3) is 0.120. The van der Waals surface area contributed by atoms with Gasteiger partial charge in [0.15, 0.2) is 16.6 Å². The molecule has 2 aliphatic heterocycles. The van der Waals surface area contributed by atoms with Crippen molar-refractivity contribution in [3.63, 3.8) is 0 Å². The van der Waals surface area contributed by atoms with Gasteiger partial charge in [-0.05, 0) is 60.2 Å². The molecule has 0 saturated carbocycles. The van der Waals surface area contributed by atoms with E-state index in [4.69, 9.17) is 21.7 Å². The van der Waals surface area contributed by atoms with Crippen LogP contribution in [0.2, 0.25) is 0 Å². The van der Waals surface area contributed by atoms with Gasteiger partial charge >= 0.3 is 0 Å². The summed E-state index contributed by atoms with van der Waals surface area (Å²) < 4.78 is 13.2. The molecule has 2 aliphatic rings. The molecule has 0 unspecified atom stereocenters. The number of nitrogens with one attached hydrogen (secondary N) is 1. The molecule has 1 N–H and O–H groups in total. The fourth-order valence-electron chi connectivity index (χ4n) is 4.36. The number of hydrogen-bond donors (Lipinski definition) is 1. The predicted molar refractivity (Wildman–Crippen MR) is 126 cm³/mol. The standard InChI is InChI=1S/C25H20N4O2S/c32-25-27-23(20-8-4-5-12-26-20)24(17-11-13-28(15-17)18-6-2-1-3-7-18)29(25)19-9-10-21-22(14-19)31-16-30-21/h1-15,23-24H,16H2,(H,27,32)/t23-,24+/m0/s1. The van der Waals surface area contributed by atoms with E-state index in [0.29, 0.717) is 5.11 Å². The van der Waals surface area contributed by atoms with Gasteiger partial charge in [0.1, 0.15) is 0 Å². The number of aromatic nitrogens is 2. The van der Waals surface area contributed by atoms with Crippen molar-refractivity contribution in [1.82, 2.24) is 14.9 Å². The number of anilines is 1. The molecule has 6 nitrogen and oxygen atoms in total. The third-order valence-electron chi connectivity index (χ3n) is 5.84. The highest BCUT2D eigenvalue weighted by atomic mass is 32.1. The van der Waals surface area contributed by atoms with E-state index in [2.05, 4.69) is 50.4 Å². The van der Waals surface area contributed by atoms with E-state index < -0.39 is 0 Å². The van der Waals surface area contributed by atoms with Gasteiger partial charge in [0.2, 0.25) is 6.79 Å². The first-order valence-corrected chi connectivity index (χ1v) is 10.8. The highest BCUT2D eigenvalue weighted by molar-refractivity contribution is 7.80. The van der Waals surface area contributed by atoms with Crippen LogP contribution in [0.3, 0.4) is 0 Å². The molecule has 0 spiro atoms. The maximum absolute atomic E-state index is 5.81. The van der Waals surface area contributed by atoms with Crippen molar-refractivity contribution in [3.8, 4) is 17.2 Å². The molecule has 2 aromatic heterocycles. The molecule has 1 fully saturated rings. The molecular weight excluding hydrogens is 420 g/mol. The lowest BCUT2D eigenvalue weighted by atomic mass is 9.98. The molecule has 6 rings (SSSR count).